The van der Waals surface area contributed by atoms with Crippen molar-refractivity contribution in [2.45, 2.75) is 6.18 Å². The van der Waals surface area contributed by atoms with E-state index in [0.717, 1.165) is 18.3 Å². The molecule has 8 heteroatoms. The minimum absolute atomic E-state index is 0.343. The Bertz CT molecular complexity index is 940. The molecular weight excluding hydrogens is 350 g/mol. The van der Waals surface area contributed by atoms with Crippen LogP contribution < -0.4 is 5.32 Å². The molecule has 1 aromatic heterocycles. The summed E-state index contributed by atoms with van der Waals surface area (Å²) in [5.41, 5.74) is 0.0770. The summed E-state index contributed by atoms with van der Waals surface area (Å²) in [5, 5.41) is 2.45. The fourth-order valence-corrected chi connectivity index (χ4v) is 2.28. The Morgan fingerprint density at radius 2 is 1.62 bits per heavy atom. The molecule has 3 rings (SSSR count). The van der Waals surface area contributed by atoms with Gasteiger partial charge in [0.15, 0.2) is 5.69 Å². The quantitative estimate of drug-likeness (QED) is 0.696. The summed E-state index contributed by atoms with van der Waals surface area (Å²) in [6.07, 6.45) is -2.12. The van der Waals surface area contributed by atoms with E-state index in [2.05, 4.69) is 15.3 Å². The number of benzene rings is 2. The molecule has 1 amide bonds. The molecule has 0 unspecified atom stereocenters. The lowest BCUT2D eigenvalue weighted by Crippen LogP contribution is -2.16. The van der Waals surface area contributed by atoms with Crippen molar-refractivity contribution >= 4 is 11.6 Å². The Labute approximate surface area is 145 Å². The number of carbonyl (C=O) groups excluding carboxylic acids is 1. The fourth-order valence-electron chi connectivity index (χ4n) is 2.28. The zero-order valence-corrected chi connectivity index (χ0v) is 13.1. The van der Waals surface area contributed by atoms with Gasteiger partial charge in [0.05, 0.1) is 5.56 Å². The lowest BCUT2D eigenvalue weighted by Gasteiger charge is -2.10. The highest BCUT2D eigenvalue weighted by molar-refractivity contribution is 6.02. The highest BCUT2D eigenvalue weighted by atomic mass is 19.4. The summed E-state index contributed by atoms with van der Waals surface area (Å²) < 4.78 is 51.8. The van der Waals surface area contributed by atoms with Gasteiger partial charge in [-0.2, -0.15) is 17.6 Å². The Morgan fingerprint density at radius 1 is 0.923 bits per heavy atom. The monoisotopic (exact) mass is 361 g/mol. The van der Waals surface area contributed by atoms with E-state index in [1.807, 2.05) is 0 Å². The van der Waals surface area contributed by atoms with Gasteiger partial charge in [0.1, 0.15) is 0 Å². The Hall–Kier alpha value is -3.29. The predicted molar refractivity (Wildman–Crippen MR) is 86.8 cm³/mol. The lowest BCUT2D eigenvalue weighted by molar-refractivity contribution is -0.137. The van der Waals surface area contributed by atoms with Gasteiger partial charge in [0.25, 0.3) is 5.91 Å². The Balaban J connectivity index is 1.79. The average molecular weight is 361 g/mol. The molecule has 0 radical (unpaired) electrons. The van der Waals surface area contributed by atoms with Crippen LogP contribution in [0.1, 0.15) is 16.1 Å². The minimum Gasteiger partial charge on any atom is -0.321 e. The standard InChI is InChI=1S/C18H11F4N3O/c19-16-15(23-8-9-24-16)17(26)25-14-6-4-11(5-7-14)12-2-1-3-13(10-12)18(20,21)22/h1-10H,(H,25,26). The molecule has 0 fully saturated rings. The smallest absolute Gasteiger partial charge is 0.321 e. The van der Waals surface area contributed by atoms with Crippen LogP contribution in [0.25, 0.3) is 11.1 Å². The zero-order chi connectivity index (χ0) is 18.7. The van der Waals surface area contributed by atoms with Crippen molar-refractivity contribution in [3.05, 3.63) is 78.1 Å². The molecule has 1 heterocycles. The first-order chi connectivity index (χ1) is 12.3. The first kappa shape index (κ1) is 17.5. The summed E-state index contributed by atoms with van der Waals surface area (Å²) in [4.78, 5) is 18.9. The second-order valence-electron chi connectivity index (χ2n) is 5.31. The molecule has 26 heavy (non-hydrogen) atoms. The van der Waals surface area contributed by atoms with E-state index in [1.54, 1.807) is 18.2 Å². The fraction of sp³-hybridized carbons (Fsp3) is 0.0556. The molecule has 1 N–H and O–H groups in total. The SMILES string of the molecule is O=C(Nc1ccc(-c2cccc(C(F)(F)F)c2)cc1)c1nccnc1F. The van der Waals surface area contributed by atoms with Gasteiger partial charge in [0, 0.05) is 18.1 Å². The summed E-state index contributed by atoms with van der Waals surface area (Å²) in [6, 6.07) is 11.0. The molecule has 0 aliphatic rings. The molecule has 0 atom stereocenters. The highest BCUT2D eigenvalue weighted by Gasteiger charge is 2.30. The summed E-state index contributed by atoms with van der Waals surface area (Å²) >= 11 is 0. The van der Waals surface area contributed by atoms with Crippen molar-refractivity contribution in [1.82, 2.24) is 9.97 Å². The second-order valence-corrected chi connectivity index (χ2v) is 5.31. The van der Waals surface area contributed by atoms with Crippen molar-refractivity contribution in [1.29, 1.82) is 0 Å². The highest BCUT2D eigenvalue weighted by Crippen LogP contribution is 2.32. The molecular formula is C18H11F4N3O. The van der Waals surface area contributed by atoms with E-state index in [0.29, 0.717) is 16.8 Å². The summed E-state index contributed by atoms with van der Waals surface area (Å²) in [6.45, 7) is 0. The van der Waals surface area contributed by atoms with Crippen LogP contribution in [0.2, 0.25) is 0 Å². The van der Waals surface area contributed by atoms with Crippen LogP contribution in [0.3, 0.4) is 0 Å². The van der Waals surface area contributed by atoms with E-state index in [1.165, 1.54) is 24.4 Å². The van der Waals surface area contributed by atoms with E-state index in [4.69, 9.17) is 0 Å². The second kappa shape index (κ2) is 6.91. The molecule has 0 saturated heterocycles. The maximum Gasteiger partial charge on any atom is 0.416 e. The molecule has 132 valence electrons. The predicted octanol–water partition coefficient (Wildman–Crippen LogP) is 4.55. The van der Waals surface area contributed by atoms with Crippen molar-refractivity contribution in [3.63, 3.8) is 0 Å². The Morgan fingerprint density at radius 3 is 2.27 bits per heavy atom. The normalized spacial score (nSPS) is 11.2. The molecule has 2 aromatic carbocycles. The molecule has 0 spiro atoms. The number of nitrogens with zero attached hydrogens (tertiary/aromatic N) is 2. The third-order valence-corrected chi connectivity index (χ3v) is 3.53. The van der Waals surface area contributed by atoms with Crippen LogP contribution in [0.15, 0.2) is 60.9 Å². The van der Waals surface area contributed by atoms with Crippen LogP contribution in [-0.2, 0) is 6.18 Å². The number of amides is 1. The van der Waals surface area contributed by atoms with E-state index in [-0.39, 0.29) is 0 Å². The van der Waals surface area contributed by atoms with Gasteiger partial charge in [-0.15, -0.1) is 0 Å². The van der Waals surface area contributed by atoms with Crippen molar-refractivity contribution in [3.8, 4) is 11.1 Å². The molecule has 3 aromatic rings. The molecule has 4 nitrogen and oxygen atoms in total. The number of nitrogens with one attached hydrogen (secondary N) is 1. The lowest BCUT2D eigenvalue weighted by atomic mass is 10.0. The molecule has 0 bridgehead atoms. The largest absolute Gasteiger partial charge is 0.416 e. The number of carbonyl (C=O) groups is 1. The van der Waals surface area contributed by atoms with Crippen LogP contribution in [0.4, 0.5) is 23.2 Å². The number of hydrogen-bond acceptors (Lipinski definition) is 3. The van der Waals surface area contributed by atoms with Crippen LogP contribution in [0.5, 0.6) is 0 Å². The Kier molecular flexibility index (Phi) is 4.66. The number of halogens is 4. The summed E-state index contributed by atoms with van der Waals surface area (Å²) in [5.74, 6) is -1.77. The topological polar surface area (TPSA) is 54.9 Å². The van der Waals surface area contributed by atoms with Crippen LogP contribution >= 0.6 is 0 Å². The van der Waals surface area contributed by atoms with Gasteiger partial charge in [-0.3, -0.25) is 4.79 Å². The van der Waals surface area contributed by atoms with Crippen molar-refractivity contribution in [2.75, 3.05) is 5.32 Å². The maximum absolute atomic E-state index is 13.4. The van der Waals surface area contributed by atoms with Gasteiger partial charge in [-0.25, -0.2) is 9.97 Å². The summed E-state index contributed by atoms with van der Waals surface area (Å²) in [7, 11) is 0. The van der Waals surface area contributed by atoms with Crippen molar-refractivity contribution in [2.24, 2.45) is 0 Å². The number of aromatic nitrogens is 2. The number of hydrogen-bond donors (Lipinski definition) is 1. The maximum atomic E-state index is 13.4. The molecule has 0 aliphatic heterocycles. The first-order valence-corrected chi connectivity index (χ1v) is 7.40. The van der Waals surface area contributed by atoms with E-state index in [9.17, 15) is 22.4 Å². The third-order valence-electron chi connectivity index (χ3n) is 3.53. The van der Waals surface area contributed by atoms with Crippen LogP contribution in [-0.4, -0.2) is 15.9 Å². The van der Waals surface area contributed by atoms with Gasteiger partial charge in [-0.05, 0) is 35.4 Å². The van der Waals surface area contributed by atoms with E-state index < -0.39 is 29.3 Å². The number of anilines is 1. The zero-order valence-electron chi connectivity index (χ0n) is 13.1. The van der Waals surface area contributed by atoms with Crippen molar-refractivity contribution < 1.29 is 22.4 Å². The molecule has 0 saturated carbocycles. The van der Waals surface area contributed by atoms with Gasteiger partial charge in [0.2, 0.25) is 5.95 Å². The number of rotatable bonds is 3. The third kappa shape index (κ3) is 3.85. The van der Waals surface area contributed by atoms with Gasteiger partial charge < -0.3 is 5.32 Å². The van der Waals surface area contributed by atoms with Gasteiger partial charge in [-0.1, -0.05) is 24.3 Å². The van der Waals surface area contributed by atoms with Crippen LogP contribution in [0, 0.1) is 5.95 Å². The van der Waals surface area contributed by atoms with Gasteiger partial charge >= 0.3 is 6.18 Å². The molecule has 0 aliphatic carbocycles. The van der Waals surface area contributed by atoms with E-state index >= 15 is 0 Å². The number of alkyl halides is 3. The first-order valence-electron chi connectivity index (χ1n) is 7.40. The minimum atomic E-state index is -4.43. The average Bonchev–Trinajstić information content (AvgIpc) is 2.62.